The van der Waals surface area contributed by atoms with Gasteiger partial charge in [0.1, 0.15) is 11.9 Å². The van der Waals surface area contributed by atoms with Crippen LogP contribution in [0.2, 0.25) is 0 Å². The maximum Gasteiger partial charge on any atom is 0.302 e. The lowest BCUT2D eigenvalue weighted by Crippen LogP contribution is -2.27. The quantitative estimate of drug-likeness (QED) is 0.573. The maximum atomic E-state index is 11.3. The molecule has 0 unspecified atom stereocenters. The first kappa shape index (κ1) is 15.9. The van der Waals surface area contributed by atoms with Crippen LogP contribution in [0.15, 0.2) is 24.3 Å². The fourth-order valence-corrected chi connectivity index (χ4v) is 3.00. The molecule has 1 fully saturated rings. The molecule has 0 saturated heterocycles. The van der Waals surface area contributed by atoms with Crippen LogP contribution in [0.25, 0.3) is 0 Å². The van der Waals surface area contributed by atoms with Gasteiger partial charge in [-0.15, -0.1) is 0 Å². The summed E-state index contributed by atoms with van der Waals surface area (Å²) in [4.78, 5) is 11.3. The summed E-state index contributed by atoms with van der Waals surface area (Å²) in [6.07, 6.45) is 6.61. The molecule has 3 heteroatoms. The van der Waals surface area contributed by atoms with E-state index in [1.54, 1.807) is 0 Å². The second kappa shape index (κ2) is 8.06. The van der Waals surface area contributed by atoms with Crippen LogP contribution in [-0.4, -0.2) is 18.7 Å². The van der Waals surface area contributed by atoms with Crippen LogP contribution in [0.3, 0.4) is 0 Å². The molecule has 0 aromatic heterocycles. The predicted octanol–water partition coefficient (Wildman–Crippen LogP) is 4.45. The Bertz CT molecular complexity index is 456. The third kappa shape index (κ3) is 4.76. The molecule has 21 heavy (non-hydrogen) atoms. The molecule has 3 nitrogen and oxygen atoms in total. The van der Waals surface area contributed by atoms with Gasteiger partial charge in [-0.05, 0) is 43.4 Å². The average molecular weight is 290 g/mol. The molecular formula is C18H26O3. The molecule has 0 radical (unpaired) electrons. The zero-order chi connectivity index (χ0) is 15.1. The Morgan fingerprint density at radius 1 is 1.29 bits per heavy atom. The van der Waals surface area contributed by atoms with Crippen LogP contribution in [0.1, 0.15) is 63.9 Å². The lowest BCUT2D eigenvalue weighted by molar-refractivity contribution is -0.148. The van der Waals surface area contributed by atoms with Crippen molar-refractivity contribution in [1.82, 2.24) is 0 Å². The van der Waals surface area contributed by atoms with E-state index < -0.39 is 0 Å². The van der Waals surface area contributed by atoms with Crippen LogP contribution >= 0.6 is 0 Å². The minimum absolute atomic E-state index is 0.0159. The molecule has 0 spiro atoms. The molecule has 1 aromatic carbocycles. The van der Waals surface area contributed by atoms with Crippen molar-refractivity contribution in [3.63, 3.8) is 0 Å². The molecule has 0 N–H and O–H groups in total. The minimum atomic E-state index is -0.178. The average Bonchev–Trinajstić information content (AvgIpc) is 2.48. The number of hydrogen-bond donors (Lipinski definition) is 0. The number of esters is 1. The van der Waals surface area contributed by atoms with Gasteiger partial charge in [0.2, 0.25) is 0 Å². The molecule has 0 amide bonds. The highest BCUT2D eigenvalue weighted by Gasteiger charge is 2.29. The Kier molecular flexibility index (Phi) is 6.09. The van der Waals surface area contributed by atoms with E-state index in [1.165, 1.54) is 18.9 Å². The number of unbranched alkanes of at least 4 members (excludes halogenated alkanes) is 1. The lowest BCUT2D eigenvalue weighted by atomic mass is 9.81. The van der Waals surface area contributed by atoms with E-state index in [4.69, 9.17) is 9.47 Å². The van der Waals surface area contributed by atoms with Gasteiger partial charge in [-0.1, -0.05) is 31.9 Å². The summed E-state index contributed by atoms with van der Waals surface area (Å²) in [7, 11) is 0. The van der Waals surface area contributed by atoms with Crippen LogP contribution in [0.5, 0.6) is 5.75 Å². The first-order chi connectivity index (χ1) is 10.2. The highest BCUT2D eigenvalue weighted by molar-refractivity contribution is 5.66. The van der Waals surface area contributed by atoms with Gasteiger partial charge in [-0.25, -0.2) is 0 Å². The summed E-state index contributed by atoms with van der Waals surface area (Å²) in [6, 6.07) is 8.28. The topological polar surface area (TPSA) is 35.5 Å². The van der Waals surface area contributed by atoms with Gasteiger partial charge in [-0.2, -0.15) is 0 Å². The van der Waals surface area contributed by atoms with Gasteiger partial charge in [0.05, 0.1) is 6.61 Å². The molecule has 1 aliphatic rings. The molecule has 1 saturated carbocycles. The summed E-state index contributed by atoms with van der Waals surface area (Å²) in [5.41, 5.74) is 1.23. The molecule has 0 aliphatic heterocycles. The molecule has 2 rings (SSSR count). The Balaban J connectivity index is 2.07. The van der Waals surface area contributed by atoms with E-state index in [-0.39, 0.29) is 12.1 Å². The Hall–Kier alpha value is -1.51. The van der Waals surface area contributed by atoms with Gasteiger partial charge in [0.15, 0.2) is 0 Å². The first-order valence-electron chi connectivity index (χ1n) is 8.10. The van der Waals surface area contributed by atoms with Crippen molar-refractivity contribution in [2.75, 3.05) is 6.61 Å². The van der Waals surface area contributed by atoms with Gasteiger partial charge < -0.3 is 9.47 Å². The van der Waals surface area contributed by atoms with E-state index in [2.05, 4.69) is 19.1 Å². The SMILES string of the molecule is CCCCOc1cccc([C@@H]2CCCC[C@H]2OC(C)=O)c1. The van der Waals surface area contributed by atoms with Crippen molar-refractivity contribution in [3.8, 4) is 5.75 Å². The largest absolute Gasteiger partial charge is 0.494 e. The molecule has 0 heterocycles. The van der Waals surface area contributed by atoms with Gasteiger partial charge in [0.25, 0.3) is 0 Å². The lowest BCUT2D eigenvalue weighted by Gasteiger charge is -2.31. The Morgan fingerprint density at radius 2 is 2.10 bits per heavy atom. The number of hydrogen-bond acceptors (Lipinski definition) is 3. The molecule has 2 atom stereocenters. The van der Waals surface area contributed by atoms with Gasteiger partial charge in [0, 0.05) is 12.8 Å². The minimum Gasteiger partial charge on any atom is -0.494 e. The Labute approximate surface area is 127 Å². The zero-order valence-corrected chi connectivity index (χ0v) is 13.1. The zero-order valence-electron chi connectivity index (χ0n) is 13.1. The predicted molar refractivity (Wildman–Crippen MR) is 83.6 cm³/mol. The normalized spacial score (nSPS) is 21.8. The van der Waals surface area contributed by atoms with Crippen molar-refractivity contribution < 1.29 is 14.3 Å². The van der Waals surface area contributed by atoms with Crippen LogP contribution in [0, 0.1) is 0 Å². The Morgan fingerprint density at radius 3 is 2.86 bits per heavy atom. The maximum absolute atomic E-state index is 11.3. The van der Waals surface area contributed by atoms with E-state index in [9.17, 15) is 4.79 Å². The van der Waals surface area contributed by atoms with Gasteiger partial charge in [-0.3, -0.25) is 4.79 Å². The first-order valence-corrected chi connectivity index (χ1v) is 8.10. The summed E-state index contributed by atoms with van der Waals surface area (Å²) < 4.78 is 11.3. The number of benzene rings is 1. The fraction of sp³-hybridized carbons (Fsp3) is 0.611. The molecule has 1 aromatic rings. The van der Waals surface area contributed by atoms with Crippen LogP contribution in [0.4, 0.5) is 0 Å². The van der Waals surface area contributed by atoms with E-state index in [0.29, 0.717) is 5.92 Å². The summed E-state index contributed by atoms with van der Waals surface area (Å²) in [6.45, 7) is 4.42. The fourth-order valence-electron chi connectivity index (χ4n) is 3.00. The summed E-state index contributed by atoms with van der Waals surface area (Å²) in [5, 5.41) is 0. The van der Waals surface area contributed by atoms with E-state index in [1.807, 2.05) is 12.1 Å². The summed E-state index contributed by atoms with van der Waals surface area (Å²) >= 11 is 0. The third-order valence-corrected chi connectivity index (χ3v) is 4.07. The third-order valence-electron chi connectivity index (χ3n) is 4.07. The van der Waals surface area contributed by atoms with Gasteiger partial charge >= 0.3 is 5.97 Å². The molecule has 0 bridgehead atoms. The van der Waals surface area contributed by atoms with Crippen molar-refractivity contribution in [2.45, 2.75) is 64.4 Å². The molecule has 116 valence electrons. The van der Waals surface area contributed by atoms with Crippen molar-refractivity contribution in [1.29, 1.82) is 0 Å². The van der Waals surface area contributed by atoms with Crippen LogP contribution in [-0.2, 0) is 9.53 Å². The number of carbonyl (C=O) groups excluding carboxylic acids is 1. The van der Waals surface area contributed by atoms with Crippen molar-refractivity contribution in [3.05, 3.63) is 29.8 Å². The summed E-state index contributed by atoms with van der Waals surface area (Å²) in [5.74, 6) is 1.05. The van der Waals surface area contributed by atoms with Crippen molar-refractivity contribution in [2.24, 2.45) is 0 Å². The number of ether oxygens (including phenoxy) is 2. The monoisotopic (exact) mass is 290 g/mol. The smallest absolute Gasteiger partial charge is 0.302 e. The van der Waals surface area contributed by atoms with E-state index in [0.717, 1.165) is 44.5 Å². The second-order valence-electron chi connectivity index (χ2n) is 5.81. The highest BCUT2D eigenvalue weighted by Crippen LogP contribution is 2.36. The number of carbonyl (C=O) groups is 1. The number of rotatable bonds is 6. The second-order valence-corrected chi connectivity index (χ2v) is 5.81. The van der Waals surface area contributed by atoms with E-state index >= 15 is 0 Å². The molecule has 1 aliphatic carbocycles. The standard InChI is InChI=1S/C18H26O3/c1-3-4-12-20-16-9-7-8-15(13-16)17-10-5-6-11-18(17)21-14(2)19/h7-9,13,17-18H,3-6,10-12H2,1-2H3/t17-,18+/m0/s1. The van der Waals surface area contributed by atoms with Crippen molar-refractivity contribution >= 4 is 5.97 Å². The molecular weight excluding hydrogens is 264 g/mol. The highest BCUT2D eigenvalue weighted by atomic mass is 16.5. The van der Waals surface area contributed by atoms with Crippen LogP contribution < -0.4 is 4.74 Å².